The van der Waals surface area contributed by atoms with Gasteiger partial charge in [-0.05, 0) is 39.3 Å². The van der Waals surface area contributed by atoms with Crippen molar-refractivity contribution in [3.05, 3.63) is 34.6 Å². The molecule has 19 heavy (non-hydrogen) atoms. The van der Waals surface area contributed by atoms with Crippen LogP contribution in [0.1, 0.15) is 38.9 Å². The van der Waals surface area contributed by atoms with E-state index in [0.29, 0.717) is 17.2 Å². The third-order valence-corrected chi connectivity index (χ3v) is 3.72. The van der Waals surface area contributed by atoms with Gasteiger partial charge in [0.1, 0.15) is 5.82 Å². The molecule has 0 amide bonds. The second kappa shape index (κ2) is 5.78. The molecule has 1 N–H and O–H groups in total. The van der Waals surface area contributed by atoms with E-state index in [1.807, 2.05) is 0 Å². The molecule has 2 unspecified atom stereocenters. The van der Waals surface area contributed by atoms with Crippen molar-refractivity contribution in [1.29, 1.82) is 0 Å². The predicted octanol–water partition coefficient (Wildman–Crippen LogP) is 3.94. The average molecular weight is 286 g/mol. The van der Waals surface area contributed by atoms with Crippen molar-refractivity contribution in [1.82, 2.24) is 5.32 Å². The second-order valence-electron chi connectivity index (χ2n) is 6.11. The summed E-state index contributed by atoms with van der Waals surface area (Å²) in [7, 11) is 0. The van der Waals surface area contributed by atoms with Crippen LogP contribution in [0, 0.1) is 11.7 Å². The lowest BCUT2D eigenvalue weighted by molar-refractivity contribution is 0.0860. The summed E-state index contributed by atoms with van der Waals surface area (Å²) in [6.07, 6.45) is 0.682. The zero-order valence-corrected chi connectivity index (χ0v) is 12.4. The monoisotopic (exact) mass is 285 g/mol. The van der Waals surface area contributed by atoms with Crippen molar-refractivity contribution in [2.75, 3.05) is 13.2 Å². The van der Waals surface area contributed by atoms with Crippen LogP contribution in [0.3, 0.4) is 0 Å². The quantitative estimate of drug-likeness (QED) is 0.908. The van der Waals surface area contributed by atoms with Crippen molar-refractivity contribution in [3.8, 4) is 0 Å². The first-order valence-electron chi connectivity index (χ1n) is 6.69. The first-order valence-corrected chi connectivity index (χ1v) is 7.07. The van der Waals surface area contributed by atoms with Crippen molar-refractivity contribution in [2.24, 2.45) is 5.92 Å². The third kappa shape index (κ3) is 3.68. The molecule has 0 aromatic heterocycles. The molecule has 0 radical (unpaired) electrons. The Morgan fingerprint density at radius 1 is 1.42 bits per heavy atom. The molecule has 2 atom stereocenters. The van der Waals surface area contributed by atoms with E-state index in [-0.39, 0.29) is 23.4 Å². The van der Waals surface area contributed by atoms with Crippen LogP contribution in [0.2, 0.25) is 5.02 Å². The topological polar surface area (TPSA) is 21.3 Å². The zero-order chi connectivity index (χ0) is 14.0. The van der Waals surface area contributed by atoms with E-state index in [4.69, 9.17) is 16.3 Å². The lowest BCUT2D eigenvalue weighted by Gasteiger charge is -2.26. The molecular weight excluding hydrogens is 265 g/mol. The van der Waals surface area contributed by atoms with Crippen LogP contribution in [0.5, 0.6) is 0 Å². The summed E-state index contributed by atoms with van der Waals surface area (Å²) in [5.41, 5.74) is 0.550. The first kappa shape index (κ1) is 14.8. The van der Waals surface area contributed by atoms with Gasteiger partial charge in [-0.15, -0.1) is 0 Å². The molecular formula is C15H21ClFNO. The molecule has 1 fully saturated rings. The van der Waals surface area contributed by atoms with E-state index in [1.54, 1.807) is 12.1 Å². The molecule has 4 heteroatoms. The molecule has 1 aromatic carbocycles. The van der Waals surface area contributed by atoms with Gasteiger partial charge in [-0.2, -0.15) is 0 Å². The SMILES string of the molecule is CC(C)(C)NCC1CCOC1c1c(F)cccc1Cl. The molecule has 1 saturated heterocycles. The summed E-state index contributed by atoms with van der Waals surface area (Å²) in [6, 6.07) is 4.78. The highest BCUT2D eigenvalue weighted by Crippen LogP contribution is 2.39. The van der Waals surface area contributed by atoms with Crippen molar-refractivity contribution >= 4 is 11.6 Å². The maximum absolute atomic E-state index is 14.0. The van der Waals surface area contributed by atoms with Gasteiger partial charge in [0.25, 0.3) is 0 Å². The van der Waals surface area contributed by atoms with Crippen LogP contribution in [-0.4, -0.2) is 18.7 Å². The van der Waals surface area contributed by atoms with E-state index in [9.17, 15) is 4.39 Å². The fourth-order valence-electron chi connectivity index (χ4n) is 2.38. The van der Waals surface area contributed by atoms with Crippen LogP contribution in [-0.2, 0) is 4.74 Å². The Labute approximate surface area is 119 Å². The van der Waals surface area contributed by atoms with E-state index < -0.39 is 0 Å². The fraction of sp³-hybridized carbons (Fsp3) is 0.600. The Morgan fingerprint density at radius 3 is 2.79 bits per heavy atom. The molecule has 0 bridgehead atoms. The molecule has 0 aliphatic carbocycles. The maximum Gasteiger partial charge on any atom is 0.130 e. The first-order chi connectivity index (χ1) is 8.88. The largest absolute Gasteiger partial charge is 0.373 e. The minimum Gasteiger partial charge on any atom is -0.373 e. The lowest BCUT2D eigenvalue weighted by Crippen LogP contribution is -2.39. The van der Waals surface area contributed by atoms with Gasteiger partial charge in [0.05, 0.1) is 6.10 Å². The average Bonchev–Trinajstić information content (AvgIpc) is 2.73. The molecule has 1 heterocycles. The van der Waals surface area contributed by atoms with Gasteiger partial charge < -0.3 is 10.1 Å². The highest BCUT2D eigenvalue weighted by Gasteiger charge is 2.33. The normalized spacial score (nSPS) is 23.8. The van der Waals surface area contributed by atoms with Gasteiger partial charge >= 0.3 is 0 Å². The van der Waals surface area contributed by atoms with Crippen LogP contribution < -0.4 is 5.32 Å². The number of hydrogen-bond donors (Lipinski definition) is 1. The van der Waals surface area contributed by atoms with Crippen LogP contribution >= 0.6 is 11.6 Å². The van der Waals surface area contributed by atoms with Gasteiger partial charge in [-0.25, -0.2) is 4.39 Å². The number of rotatable bonds is 3. The predicted molar refractivity (Wildman–Crippen MR) is 76.0 cm³/mol. The summed E-state index contributed by atoms with van der Waals surface area (Å²) in [5, 5.41) is 3.91. The Hall–Kier alpha value is -0.640. The van der Waals surface area contributed by atoms with E-state index in [1.165, 1.54) is 6.07 Å². The van der Waals surface area contributed by atoms with Crippen LogP contribution in [0.4, 0.5) is 4.39 Å². The summed E-state index contributed by atoms with van der Waals surface area (Å²) in [4.78, 5) is 0. The third-order valence-electron chi connectivity index (χ3n) is 3.39. The lowest BCUT2D eigenvalue weighted by atomic mass is 9.94. The Bertz CT molecular complexity index is 424. The summed E-state index contributed by atoms with van der Waals surface area (Å²) in [6.45, 7) is 7.82. The molecule has 0 spiro atoms. The standard InChI is InChI=1S/C15H21ClFNO/c1-15(2,3)18-9-10-7-8-19-14(10)13-11(16)5-4-6-12(13)17/h4-6,10,14,18H,7-9H2,1-3H3. The smallest absolute Gasteiger partial charge is 0.130 e. The Morgan fingerprint density at radius 2 is 2.16 bits per heavy atom. The van der Waals surface area contributed by atoms with E-state index >= 15 is 0 Å². The summed E-state index contributed by atoms with van der Waals surface area (Å²) in [5.74, 6) is -0.0196. The second-order valence-corrected chi connectivity index (χ2v) is 6.51. The van der Waals surface area contributed by atoms with Gasteiger partial charge in [-0.1, -0.05) is 17.7 Å². The molecule has 106 valence electrons. The van der Waals surface area contributed by atoms with Gasteiger partial charge in [0.15, 0.2) is 0 Å². The van der Waals surface area contributed by atoms with Crippen molar-refractivity contribution in [3.63, 3.8) is 0 Å². The van der Waals surface area contributed by atoms with E-state index in [2.05, 4.69) is 26.1 Å². The van der Waals surface area contributed by atoms with Crippen molar-refractivity contribution < 1.29 is 9.13 Å². The summed E-state index contributed by atoms with van der Waals surface area (Å²) >= 11 is 6.12. The molecule has 2 nitrogen and oxygen atoms in total. The van der Waals surface area contributed by atoms with Gasteiger partial charge in [0, 0.05) is 35.2 Å². The minimum atomic E-state index is -0.278. The number of nitrogens with one attached hydrogen (secondary N) is 1. The van der Waals surface area contributed by atoms with Crippen LogP contribution in [0.25, 0.3) is 0 Å². The Kier molecular flexibility index (Phi) is 4.49. The van der Waals surface area contributed by atoms with Gasteiger partial charge in [-0.3, -0.25) is 0 Å². The number of hydrogen-bond acceptors (Lipinski definition) is 2. The fourth-order valence-corrected chi connectivity index (χ4v) is 2.65. The van der Waals surface area contributed by atoms with Gasteiger partial charge in [0.2, 0.25) is 0 Å². The molecule has 1 aromatic rings. The van der Waals surface area contributed by atoms with E-state index in [0.717, 1.165) is 13.0 Å². The maximum atomic E-state index is 14.0. The number of ether oxygens (including phenoxy) is 1. The Balaban J connectivity index is 2.15. The number of benzene rings is 1. The molecule has 0 saturated carbocycles. The molecule has 1 aliphatic heterocycles. The molecule has 1 aliphatic rings. The highest BCUT2D eigenvalue weighted by atomic mass is 35.5. The van der Waals surface area contributed by atoms with Crippen LogP contribution in [0.15, 0.2) is 18.2 Å². The summed E-state index contributed by atoms with van der Waals surface area (Å²) < 4.78 is 19.7. The number of halogens is 2. The highest BCUT2D eigenvalue weighted by molar-refractivity contribution is 6.31. The minimum absolute atomic E-state index is 0.0478. The molecule has 2 rings (SSSR count). The zero-order valence-electron chi connectivity index (χ0n) is 11.7. The van der Waals surface area contributed by atoms with Crippen molar-refractivity contribution in [2.45, 2.75) is 38.8 Å².